The Labute approximate surface area is 304 Å². The predicted molar refractivity (Wildman–Crippen MR) is 194 cm³/mol. The van der Waals surface area contributed by atoms with E-state index in [-0.39, 0.29) is 17.5 Å². The molecule has 6 aliphatic rings. The minimum Gasteiger partial charge on any atom is -0.461 e. The summed E-state index contributed by atoms with van der Waals surface area (Å²) in [5.41, 5.74) is 3.84. The fraction of sp³-hybridized carbons (Fsp3) is 0.786. The second-order valence-corrected chi connectivity index (χ2v) is 18.1. The van der Waals surface area contributed by atoms with Gasteiger partial charge in [0.25, 0.3) is 0 Å². The molecule has 3 saturated carbocycles. The summed E-state index contributed by atoms with van der Waals surface area (Å²) in [6.45, 7) is 14.3. The maximum atomic E-state index is 13.5. The van der Waals surface area contributed by atoms with Gasteiger partial charge >= 0.3 is 5.97 Å². The van der Waals surface area contributed by atoms with Gasteiger partial charge < -0.3 is 40.0 Å². The first kappa shape index (κ1) is 37.3. The van der Waals surface area contributed by atoms with E-state index in [1.165, 1.54) is 50.6 Å². The van der Waals surface area contributed by atoms with Crippen LogP contribution in [0, 0.1) is 60.2 Å². The van der Waals surface area contributed by atoms with Gasteiger partial charge in [-0.25, -0.2) is 4.79 Å². The van der Waals surface area contributed by atoms with Crippen molar-refractivity contribution in [3.05, 3.63) is 40.5 Å². The summed E-state index contributed by atoms with van der Waals surface area (Å²) < 4.78 is 17.7. The zero-order chi connectivity index (χ0) is 36.4. The number of esters is 1. The molecule has 4 aliphatic carbocycles. The lowest BCUT2D eigenvalue weighted by Crippen LogP contribution is -2.60. The van der Waals surface area contributed by atoms with E-state index in [1.54, 1.807) is 26.0 Å². The number of benzene rings is 1. The molecule has 2 saturated heterocycles. The molecule has 1 aromatic carbocycles. The number of allylic oxidation sites excluding steroid dienone is 1. The van der Waals surface area contributed by atoms with E-state index in [1.807, 2.05) is 0 Å². The zero-order valence-corrected chi connectivity index (χ0v) is 31.6. The molecular weight excluding hydrogens is 646 g/mol. The SMILES string of the molecule is Cc1cc(C(=O)OC2CCC3(C)C(=CCC4C3CCC3(C)C(C(C)C5CCC(C)CN5)CCC43)C2)cc(C)c1OC1OC(CO)C(O)C(O)C1O. The van der Waals surface area contributed by atoms with Crippen LogP contribution in [0.5, 0.6) is 5.75 Å². The number of fused-ring (bicyclic) bond motifs is 5. The molecule has 7 rings (SSSR count). The maximum absolute atomic E-state index is 13.5. The number of ether oxygens (including phenoxy) is 3. The van der Waals surface area contributed by atoms with Crippen molar-refractivity contribution >= 4 is 5.97 Å². The lowest BCUT2D eigenvalue weighted by Gasteiger charge is -2.58. The molecule has 0 radical (unpaired) electrons. The summed E-state index contributed by atoms with van der Waals surface area (Å²) in [6.07, 6.45) is 7.48. The van der Waals surface area contributed by atoms with Gasteiger partial charge in [-0.1, -0.05) is 39.3 Å². The van der Waals surface area contributed by atoms with E-state index in [9.17, 15) is 25.2 Å². The molecular formula is C42H63NO8. The van der Waals surface area contributed by atoms with Crippen LogP contribution >= 0.6 is 0 Å². The summed E-state index contributed by atoms with van der Waals surface area (Å²) in [7, 11) is 0. The second kappa shape index (κ2) is 14.3. The number of aryl methyl sites for hydroxylation is 2. The molecule has 5 fully saturated rings. The molecule has 51 heavy (non-hydrogen) atoms. The summed E-state index contributed by atoms with van der Waals surface area (Å²) in [5, 5.41) is 44.2. The molecule has 0 aromatic heterocycles. The normalized spacial score (nSPS) is 44.4. The van der Waals surface area contributed by atoms with Crippen molar-refractivity contribution in [2.24, 2.45) is 46.3 Å². The third-order valence-corrected chi connectivity index (χ3v) is 15.2. The number of rotatable bonds is 7. The molecule has 2 aliphatic heterocycles. The third-order valence-electron chi connectivity index (χ3n) is 15.2. The number of carbonyl (C=O) groups excluding carboxylic acids is 1. The highest BCUT2D eigenvalue weighted by Crippen LogP contribution is 2.67. The standard InChI is InChI=1S/C42H63NO8/c1-22-7-12-33(43-20-22)25(4)30-10-11-31-29-9-8-27-19-28(13-15-41(27,5)32(29)14-16-42(30,31)6)49-39(48)26-17-23(2)38(24(3)18-26)51-40-37(47)36(46)35(45)34(21-44)50-40/h8,17-18,22,25,28-37,40,43-47H,7,9-16,19-21H2,1-6H3. The van der Waals surface area contributed by atoms with Gasteiger partial charge in [-0.05, 0) is 148 Å². The maximum Gasteiger partial charge on any atom is 0.338 e. The van der Waals surface area contributed by atoms with E-state index >= 15 is 0 Å². The van der Waals surface area contributed by atoms with Crippen molar-refractivity contribution in [3.8, 4) is 5.75 Å². The predicted octanol–water partition coefficient (Wildman–Crippen LogP) is 5.61. The Kier molecular flexibility index (Phi) is 10.5. The summed E-state index contributed by atoms with van der Waals surface area (Å²) in [4.78, 5) is 13.5. The number of aliphatic hydroxyl groups is 4. The minimum absolute atomic E-state index is 0.157. The topological polar surface area (TPSA) is 138 Å². The summed E-state index contributed by atoms with van der Waals surface area (Å²) in [5.74, 6) is 4.65. The molecule has 15 unspecified atom stereocenters. The van der Waals surface area contributed by atoms with E-state index < -0.39 is 37.3 Å². The molecule has 15 atom stereocenters. The molecule has 9 nitrogen and oxygen atoms in total. The van der Waals surface area contributed by atoms with Crippen LogP contribution in [0.3, 0.4) is 0 Å². The second-order valence-electron chi connectivity index (χ2n) is 18.1. The van der Waals surface area contributed by atoms with E-state index in [0.717, 1.165) is 55.3 Å². The molecule has 2 heterocycles. The number of aliphatic hydroxyl groups excluding tert-OH is 4. The molecule has 0 spiro atoms. The average molecular weight is 710 g/mol. The first-order chi connectivity index (χ1) is 24.2. The van der Waals surface area contributed by atoms with Gasteiger partial charge in [0.05, 0.1) is 12.2 Å². The highest BCUT2D eigenvalue weighted by Gasteiger charge is 2.60. The van der Waals surface area contributed by atoms with Gasteiger partial charge in [0.2, 0.25) is 6.29 Å². The Bertz CT molecular complexity index is 1450. The summed E-state index contributed by atoms with van der Waals surface area (Å²) >= 11 is 0. The van der Waals surface area contributed by atoms with Gasteiger partial charge in [-0.15, -0.1) is 0 Å². The lowest BCUT2D eigenvalue weighted by molar-refractivity contribution is -0.277. The Morgan fingerprint density at radius 2 is 1.73 bits per heavy atom. The van der Waals surface area contributed by atoms with Crippen molar-refractivity contribution in [1.82, 2.24) is 5.32 Å². The van der Waals surface area contributed by atoms with Gasteiger partial charge in [-0.3, -0.25) is 0 Å². The van der Waals surface area contributed by atoms with E-state index in [4.69, 9.17) is 14.2 Å². The van der Waals surface area contributed by atoms with Crippen molar-refractivity contribution in [3.63, 3.8) is 0 Å². The van der Waals surface area contributed by atoms with E-state index in [0.29, 0.717) is 39.8 Å². The van der Waals surface area contributed by atoms with Crippen LogP contribution < -0.4 is 10.1 Å². The first-order valence-electron chi connectivity index (χ1n) is 20.0. The Morgan fingerprint density at radius 1 is 0.980 bits per heavy atom. The lowest BCUT2D eigenvalue weighted by atomic mass is 9.47. The Hall–Kier alpha value is -2.01. The highest BCUT2D eigenvalue weighted by atomic mass is 16.7. The summed E-state index contributed by atoms with van der Waals surface area (Å²) in [6, 6.07) is 4.10. The van der Waals surface area contributed by atoms with Crippen molar-refractivity contribution < 1.29 is 39.4 Å². The average Bonchev–Trinajstić information content (AvgIpc) is 3.47. The minimum atomic E-state index is -1.53. The number of piperidine rings is 1. The van der Waals surface area contributed by atoms with Crippen molar-refractivity contribution in [1.29, 1.82) is 0 Å². The zero-order valence-electron chi connectivity index (χ0n) is 31.6. The van der Waals surface area contributed by atoms with Crippen LogP contribution in [0.2, 0.25) is 0 Å². The van der Waals surface area contributed by atoms with Crippen molar-refractivity contribution in [2.45, 2.75) is 149 Å². The Balaban J connectivity index is 0.989. The van der Waals surface area contributed by atoms with Gasteiger partial charge in [0.15, 0.2) is 0 Å². The molecule has 0 amide bonds. The molecule has 284 valence electrons. The molecule has 0 bridgehead atoms. The molecule has 5 N–H and O–H groups in total. The molecule has 9 heteroatoms. The van der Waals surface area contributed by atoms with Crippen LogP contribution in [0.15, 0.2) is 23.8 Å². The Morgan fingerprint density at radius 3 is 2.41 bits per heavy atom. The third kappa shape index (κ3) is 6.60. The highest BCUT2D eigenvalue weighted by molar-refractivity contribution is 5.90. The van der Waals surface area contributed by atoms with Crippen LogP contribution in [-0.4, -0.2) is 82.4 Å². The van der Waals surface area contributed by atoms with Gasteiger partial charge in [0.1, 0.15) is 36.3 Å². The van der Waals surface area contributed by atoms with Gasteiger partial charge in [-0.2, -0.15) is 0 Å². The fourth-order valence-corrected chi connectivity index (χ4v) is 12.1. The van der Waals surface area contributed by atoms with Crippen LogP contribution in [-0.2, 0) is 9.47 Å². The number of carbonyl (C=O) groups is 1. The van der Waals surface area contributed by atoms with E-state index in [2.05, 4.69) is 39.1 Å². The fourth-order valence-electron chi connectivity index (χ4n) is 12.1. The number of hydrogen-bond donors (Lipinski definition) is 5. The largest absolute Gasteiger partial charge is 0.461 e. The van der Waals surface area contributed by atoms with Gasteiger partial charge in [0, 0.05) is 12.5 Å². The van der Waals surface area contributed by atoms with Crippen LogP contribution in [0.25, 0.3) is 0 Å². The number of nitrogens with one attached hydrogen (secondary N) is 1. The van der Waals surface area contributed by atoms with Crippen LogP contribution in [0.4, 0.5) is 0 Å². The monoisotopic (exact) mass is 709 g/mol. The van der Waals surface area contributed by atoms with Crippen LogP contribution in [0.1, 0.15) is 113 Å². The first-order valence-corrected chi connectivity index (χ1v) is 20.0. The molecule has 1 aromatic rings. The number of hydrogen-bond acceptors (Lipinski definition) is 9. The quantitative estimate of drug-likeness (QED) is 0.181. The van der Waals surface area contributed by atoms with Crippen molar-refractivity contribution in [2.75, 3.05) is 13.2 Å². The smallest absolute Gasteiger partial charge is 0.338 e.